The Balaban J connectivity index is 2.09. The van der Waals surface area contributed by atoms with E-state index in [0.717, 1.165) is 25.1 Å². The lowest BCUT2D eigenvalue weighted by atomic mass is 9.98. The van der Waals surface area contributed by atoms with E-state index < -0.39 is 6.04 Å². The van der Waals surface area contributed by atoms with Crippen molar-refractivity contribution in [3.8, 4) is 6.07 Å². The number of nitrogens with zero attached hydrogens (tertiary/aromatic N) is 3. The zero-order valence-corrected chi connectivity index (χ0v) is 14.9. The summed E-state index contributed by atoms with van der Waals surface area (Å²) in [5.74, 6) is -0.287. The van der Waals surface area contributed by atoms with Crippen molar-refractivity contribution in [3.05, 3.63) is 35.4 Å². The van der Waals surface area contributed by atoms with Gasteiger partial charge in [-0.1, -0.05) is 18.6 Å². The molecule has 1 aliphatic rings. The summed E-state index contributed by atoms with van der Waals surface area (Å²) in [6, 6.07) is 9.44. The summed E-state index contributed by atoms with van der Waals surface area (Å²) in [7, 11) is 5.54. The first-order chi connectivity index (χ1) is 11.6. The molecule has 1 heterocycles. The lowest BCUT2D eigenvalue weighted by Gasteiger charge is -2.34. The molecule has 0 N–H and O–H groups in total. The summed E-state index contributed by atoms with van der Waals surface area (Å²) in [5.41, 5.74) is 1.36. The molecule has 2 rings (SSSR count). The van der Waals surface area contributed by atoms with Crippen LogP contribution >= 0.6 is 0 Å². The highest BCUT2D eigenvalue weighted by atomic mass is 16.5. The van der Waals surface area contributed by atoms with E-state index in [-0.39, 0.29) is 5.97 Å². The van der Waals surface area contributed by atoms with E-state index in [1.807, 2.05) is 24.1 Å². The predicted octanol–water partition coefficient (Wildman–Crippen LogP) is 2.58. The van der Waals surface area contributed by atoms with Crippen molar-refractivity contribution in [2.24, 2.45) is 0 Å². The summed E-state index contributed by atoms with van der Waals surface area (Å²) >= 11 is 0. The Hall–Kier alpha value is -1.90. The second kappa shape index (κ2) is 8.81. The molecule has 2 atom stereocenters. The number of nitriles is 1. The van der Waals surface area contributed by atoms with Gasteiger partial charge in [0.15, 0.2) is 0 Å². The number of benzene rings is 1. The molecule has 0 amide bonds. The Labute approximate surface area is 144 Å². The van der Waals surface area contributed by atoms with E-state index in [9.17, 15) is 4.79 Å². The van der Waals surface area contributed by atoms with Gasteiger partial charge in [0.1, 0.15) is 6.04 Å². The molecular weight excluding hydrogens is 302 g/mol. The second-order valence-electron chi connectivity index (χ2n) is 6.56. The van der Waals surface area contributed by atoms with Crippen molar-refractivity contribution >= 4 is 5.97 Å². The van der Waals surface area contributed by atoms with Gasteiger partial charge in [-0.15, -0.1) is 0 Å². The van der Waals surface area contributed by atoms with E-state index in [2.05, 4.69) is 18.0 Å². The molecule has 1 saturated heterocycles. The minimum Gasteiger partial charge on any atom is -0.468 e. The molecule has 0 radical (unpaired) electrons. The zero-order valence-electron chi connectivity index (χ0n) is 14.9. The number of esters is 1. The molecule has 0 bridgehead atoms. The molecular formula is C19H27N3O2. The lowest BCUT2D eigenvalue weighted by Crippen LogP contribution is -2.40. The van der Waals surface area contributed by atoms with Crippen molar-refractivity contribution in [1.82, 2.24) is 9.80 Å². The molecule has 1 aromatic rings. The molecule has 24 heavy (non-hydrogen) atoms. The van der Waals surface area contributed by atoms with E-state index >= 15 is 0 Å². The van der Waals surface area contributed by atoms with Crippen LogP contribution in [-0.4, -0.2) is 56.1 Å². The number of ether oxygens (including phenoxy) is 1. The number of hydrogen-bond donors (Lipinski definition) is 0. The van der Waals surface area contributed by atoms with Crippen LogP contribution in [0.5, 0.6) is 0 Å². The first-order valence-corrected chi connectivity index (χ1v) is 8.55. The van der Waals surface area contributed by atoms with Gasteiger partial charge in [-0.2, -0.15) is 5.26 Å². The van der Waals surface area contributed by atoms with Gasteiger partial charge in [-0.25, -0.2) is 4.79 Å². The average molecular weight is 329 g/mol. The molecule has 1 fully saturated rings. The molecule has 0 aromatic heterocycles. The number of carbonyl (C=O) groups excluding carboxylic acids is 1. The van der Waals surface area contributed by atoms with E-state index in [1.54, 1.807) is 12.1 Å². The zero-order chi connectivity index (χ0) is 17.5. The number of likely N-dealkylation sites (N-methyl/N-ethyl adjacent to an activating group) is 1. The third-order valence-corrected chi connectivity index (χ3v) is 4.93. The van der Waals surface area contributed by atoms with Gasteiger partial charge in [-0.3, -0.25) is 4.90 Å². The van der Waals surface area contributed by atoms with Crippen LogP contribution in [0.4, 0.5) is 0 Å². The van der Waals surface area contributed by atoms with Crippen LogP contribution in [0.1, 0.15) is 42.9 Å². The molecule has 130 valence electrons. The third kappa shape index (κ3) is 4.56. The van der Waals surface area contributed by atoms with Gasteiger partial charge in [0.05, 0.1) is 18.7 Å². The van der Waals surface area contributed by atoms with Gasteiger partial charge >= 0.3 is 5.97 Å². The highest BCUT2D eigenvalue weighted by molar-refractivity contribution is 5.77. The first-order valence-electron chi connectivity index (χ1n) is 8.55. The molecule has 0 saturated carbocycles. The first kappa shape index (κ1) is 18.4. The normalized spacial score (nSPS) is 19.7. The monoisotopic (exact) mass is 329 g/mol. The molecule has 0 spiro atoms. The Morgan fingerprint density at radius 1 is 1.50 bits per heavy atom. The summed E-state index contributed by atoms with van der Waals surface area (Å²) in [5, 5.41) is 9.10. The topological polar surface area (TPSA) is 56.6 Å². The van der Waals surface area contributed by atoms with Gasteiger partial charge < -0.3 is 9.64 Å². The van der Waals surface area contributed by atoms with Gasteiger partial charge in [0, 0.05) is 12.6 Å². The van der Waals surface area contributed by atoms with Crippen LogP contribution in [0, 0.1) is 11.3 Å². The maximum atomic E-state index is 12.3. The number of hydrogen-bond acceptors (Lipinski definition) is 5. The van der Waals surface area contributed by atoms with Crippen molar-refractivity contribution in [2.45, 2.75) is 37.8 Å². The van der Waals surface area contributed by atoms with Gasteiger partial charge in [0.25, 0.3) is 0 Å². The fourth-order valence-electron chi connectivity index (χ4n) is 3.45. The maximum absolute atomic E-state index is 12.3. The number of piperidine rings is 1. The number of likely N-dealkylation sites (tertiary alicyclic amines) is 1. The quantitative estimate of drug-likeness (QED) is 0.751. The van der Waals surface area contributed by atoms with Crippen molar-refractivity contribution in [3.63, 3.8) is 0 Å². The average Bonchev–Trinajstić information content (AvgIpc) is 2.61. The SMILES string of the molecule is COC(=O)[C@@H](c1cccc(C#N)c1)N(C)CC[C@H]1CCCCN1C. The smallest absolute Gasteiger partial charge is 0.327 e. The van der Waals surface area contributed by atoms with Gasteiger partial charge in [0.2, 0.25) is 0 Å². The number of rotatable bonds is 6. The van der Waals surface area contributed by atoms with Crippen LogP contribution in [-0.2, 0) is 9.53 Å². The molecule has 1 aliphatic heterocycles. The molecule has 1 aromatic carbocycles. The van der Waals surface area contributed by atoms with Gasteiger partial charge in [-0.05, 0) is 57.6 Å². The highest BCUT2D eigenvalue weighted by Crippen LogP contribution is 2.24. The van der Waals surface area contributed by atoms with E-state index in [1.165, 1.54) is 26.4 Å². The number of carbonyl (C=O) groups is 1. The van der Waals surface area contributed by atoms with Crippen LogP contribution < -0.4 is 0 Å². The maximum Gasteiger partial charge on any atom is 0.327 e. The Bertz CT molecular complexity index is 597. The summed E-state index contributed by atoms with van der Waals surface area (Å²) in [4.78, 5) is 16.8. The number of methoxy groups -OCH3 is 1. The van der Waals surface area contributed by atoms with Crippen molar-refractivity contribution < 1.29 is 9.53 Å². The minimum atomic E-state index is -0.475. The fourth-order valence-corrected chi connectivity index (χ4v) is 3.45. The van der Waals surface area contributed by atoms with Crippen molar-refractivity contribution in [2.75, 3.05) is 34.3 Å². The van der Waals surface area contributed by atoms with Crippen molar-refractivity contribution in [1.29, 1.82) is 5.26 Å². The summed E-state index contributed by atoms with van der Waals surface area (Å²) < 4.78 is 5.00. The van der Waals surface area contributed by atoms with Crippen LogP contribution in [0.2, 0.25) is 0 Å². The van der Waals surface area contributed by atoms with E-state index in [0.29, 0.717) is 11.6 Å². The highest BCUT2D eigenvalue weighted by Gasteiger charge is 2.27. The Morgan fingerprint density at radius 2 is 2.29 bits per heavy atom. The molecule has 5 heteroatoms. The standard InChI is InChI=1S/C19H27N3O2/c1-21-11-5-4-9-17(21)10-12-22(2)18(19(23)24-3)16-8-6-7-15(13-16)14-20/h6-8,13,17-18H,4-5,9-12H2,1-3H3/t17-,18-/m1/s1. The van der Waals surface area contributed by atoms with Crippen LogP contribution in [0.3, 0.4) is 0 Å². The van der Waals surface area contributed by atoms with E-state index in [4.69, 9.17) is 10.00 Å². The molecule has 0 unspecified atom stereocenters. The Kier molecular flexibility index (Phi) is 6.77. The minimum absolute atomic E-state index is 0.287. The van der Waals surface area contributed by atoms with Crippen LogP contribution in [0.25, 0.3) is 0 Å². The molecule has 5 nitrogen and oxygen atoms in total. The summed E-state index contributed by atoms with van der Waals surface area (Å²) in [6.45, 7) is 1.96. The predicted molar refractivity (Wildman–Crippen MR) is 93.4 cm³/mol. The lowest BCUT2D eigenvalue weighted by molar-refractivity contribution is -0.146. The molecule has 0 aliphatic carbocycles. The summed E-state index contributed by atoms with van der Waals surface area (Å²) in [6.07, 6.45) is 4.80. The second-order valence-corrected chi connectivity index (χ2v) is 6.56. The fraction of sp³-hybridized carbons (Fsp3) is 0.579. The third-order valence-electron chi connectivity index (χ3n) is 4.93. The van der Waals surface area contributed by atoms with Crippen LogP contribution in [0.15, 0.2) is 24.3 Å². The largest absolute Gasteiger partial charge is 0.468 e. The Morgan fingerprint density at radius 3 is 2.96 bits per heavy atom.